The van der Waals surface area contributed by atoms with Crippen molar-refractivity contribution in [1.29, 1.82) is 0 Å². The number of benzene rings is 1. The number of primary amides is 1. The number of amides is 2. The minimum absolute atomic E-state index is 0.108. The summed E-state index contributed by atoms with van der Waals surface area (Å²) in [5.41, 5.74) is 5.60. The van der Waals surface area contributed by atoms with E-state index in [1.54, 1.807) is 24.3 Å². The maximum Gasteiger partial charge on any atom is 0.248 e. The molecule has 0 radical (unpaired) electrons. The quantitative estimate of drug-likeness (QED) is 0.821. The fourth-order valence-electron chi connectivity index (χ4n) is 2.29. The van der Waals surface area contributed by atoms with E-state index in [1.165, 1.54) is 0 Å². The molecule has 2 rings (SSSR count). The van der Waals surface area contributed by atoms with Crippen molar-refractivity contribution in [2.45, 2.75) is 19.4 Å². The zero-order valence-corrected chi connectivity index (χ0v) is 12.2. The molecule has 1 fully saturated rings. The normalized spacial score (nSPS) is 18.3. The maximum absolute atomic E-state index is 12.0. The van der Waals surface area contributed by atoms with Crippen molar-refractivity contribution >= 4 is 11.8 Å². The number of nitrogens with zero attached hydrogens (tertiary/aromatic N) is 1. The third kappa shape index (κ3) is 4.46. The topological polar surface area (TPSA) is 84.7 Å². The van der Waals surface area contributed by atoms with Gasteiger partial charge in [0.05, 0.1) is 13.0 Å². The molecule has 3 N–H and O–H groups in total. The van der Waals surface area contributed by atoms with Gasteiger partial charge in [0.2, 0.25) is 11.8 Å². The van der Waals surface area contributed by atoms with Gasteiger partial charge in [0.1, 0.15) is 5.75 Å². The summed E-state index contributed by atoms with van der Waals surface area (Å²) >= 11 is 0. The zero-order chi connectivity index (χ0) is 15.2. The first-order valence-corrected chi connectivity index (χ1v) is 7.10. The molecule has 0 aromatic heterocycles. The lowest BCUT2D eigenvalue weighted by molar-refractivity contribution is -0.132. The summed E-state index contributed by atoms with van der Waals surface area (Å²) in [5.74, 6) is 0.267. The van der Waals surface area contributed by atoms with Crippen LogP contribution in [0, 0.1) is 0 Å². The molecule has 1 heterocycles. The second-order valence-corrected chi connectivity index (χ2v) is 5.18. The smallest absolute Gasteiger partial charge is 0.248 e. The highest BCUT2D eigenvalue weighted by atomic mass is 16.5. The SMILES string of the molecule is C[C@H]1CN(C(=O)CCOc2ccc(C(N)=O)cc2)CCN1. The van der Waals surface area contributed by atoms with Crippen LogP contribution in [0.5, 0.6) is 5.75 Å². The first kappa shape index (κ1) is 15.3. The summed E-state index contributed by atoms with van der Waals surface area (Å²) in [6.07, 6.45) is 0.351. The number of carbonyl (C=O) groups excluding carboxylic acids is 2. The monoisotopic (exact) mass is 291 g/mol. The van der Waals surface area contributed by atoms with Crippen LogP contribution in [-0.4, -0.2) is 49.0 Å². The van der Waals surface area contributed by atoms with Gasteiger partial charge in [-0.05, 0) is 31.2 Å². The number of nitrogens with two attached hydrogens (primary N) is 1. The molecule has 21 heavy (non-hydrogen) atoms. The van der Waals surface area contributed by atoms with Crippen LogP contribution in [0.4, 0.5) is 0 Å². The second kappa shape index (κ2) is 7.08. The van der Waals surface area contributed by atoms with Crippen LogP contribution in [-0.2, 0) is 4.79 Å². The largest absolute Gasteiger partial charge is 0.493 e. The molecular weight excluding hydrogens is 270 g/mol. The molecule has 114 valence electrons. The molecule has 0 spiro atoms. The zero-order valence-electron chi connectivity index (χ0n) is 12.2. The average molecular weight is 291 g/mol. The Hall–Kier alpha value is -2.08. The van der Waals surface area contributed by atoms with E-state index >= 15 is 0 Å². The van der Waals surface area contributed by atoms with E-state index in [1.807, 2.05) is 4.90 Å². The molecular formula is C15H21N3O3. The van der Waals surface area contributed by atoms with E-state index in [0.29, 0.717) is 30.4 Å². The molecule has 0 aliphatic carbocycles. The van der Waals surface area contributed by atoms with Crippen LogP contribution in [0.1, 0.15) is 23.7 Å². The van der Waals surface area contributed by atoms with Gasteiger partial charge in [0.25, 0.3) is 0 Å². The Bertz CT molecular complexity index is 501. The minimum atomic E-state index is -0.468. The van der Waals surface area contributed by atoms with Crippen LogP contribution >= 0.6 is 0 Å². The van der Waals surface area contributed by atoms with Crippen molar-refractivity contribution < 1.29 is 14.3 Å². The van der Waals surface area contributed by atoms with Crippen molar-refractivity contribution in [2.75, 3.05) is 26.2 Å². The number of rotatable bonds is 5. The predicted molar refractivity (Wildman–Crippen MR) is 79.1 cm³/mol. The Morgan fingerprint density at radius 3 is 2.71 bits per heavy atom. The van der Waals surface area contributed by atoms with Crippen LogP contribution < -0.4 is 15.8 Å². The molecule has 1 aromatic carbocycles. The standard InChI is InChI=1S/C15H21N3O3/c1-11-10-18(8-7-17-11)14(19)6-9-21-13-4-2-12(3-5-13)15(16)20/h2-5,11,17H,6-10H2,1H3,(H2,16,20)/t11-/m0/s1. The number of carbonyl (C=O) groups is 2. The summed E-state index contributed by atoms with van der Waals surface area (Å²) in [7, 11) is 0. The Morgan fingerprint density at radius 1 is 1.38 bits per heavy atom. The molecule has 1 atom stereocenters. The highest BCUT2D eigenvalue weighted by Crippen LogP contribution is 2.12. The van der Waals surface area contributed by atoms with Gasteiger partial charge >= 0.3 is 0 Å². The van der Waals surface area contributed by atoms with E-state index < -0.39 is 5.91 Å². The summed E-state index contributed by atoms with van der Waals surface area (Å²) in [6.45, 7) is 4.72. The second-order valence-electron chi connectivity index (χ2n) is 5.18. The van der Waals surface area contributed by atoms with E-state index in [0.717, 1.165) is 19.6 Å². The van der Waals surface area contributed by atoms with Crippen LogP contribution in [0.3, 0.4) is 0 Å². The van der Waals surface area contributed by atoms with Crippen molar-refractivity contribution in [3.05, 3.63) is 29.8 Å². The molecule has 0 saturated carbocycles. The molecule has 6 heteroatoms. The number of ether oxygens (including phenoxy) is 1. The van der Waals surface area contributed by atoms with Crippen molar-refractivity contribution in [3.8, 4) is 5.75 Å². The van der Waals surface area contributed by atoms with Crippen LogP contribution in [0.25, 0.3) is 0 Å². The molecule has 0 bridgehead atoms. The van der Waals surface area contributed by atoms with E-state index in [4.69, 9.17) is 10.5 Å². The van der Waals surface area contributed by atoms with Gasteiger partial charge in [-0.15, -0.1) is 0 Å². The molecule has 1 aliphatic rings. The first-order valence-electron chi connectivity index (χ1n) is 7.10. The summed E-state index contributed by atoms with van der Waals surface area (Å²) in [5, 5.41) is 3.30. The van der Waals surface area contributed by atoms with Crippen molar-refractivity contribution in [1.82, 2.24) is 10.2 Å². The fraction of sp³-hybridized carbons (Fsp3) is 0.467. The third-order valence-electron chi connectivity index (χ3n) is 3.44. The lowest BCUT2D eigenvalue weighted by Gasteiger charge is -2.31. The van der Waals surface area contributed by atoms with Gasteiger partial charge in [-0.1, -0.05) is 0 Å². The number of hydrogen-bond donors (Lipinski definition) is 2. The lowest BCUT2D eigenvalue weighted by Crippen LogP contribution is -2.51. The number of piperazine rings is 1. The van der Waals surface area contributed by atoms with Crippen molar-refractivity contribution in [3.63, 3.8) is 0 Å². The summed E-state index contributed by atoms with van der Waals surface area (Å²) < 4.78 is 5.51. The van der Waals surface area contributed by atoms with Gasteiger partial charge in [-0.25, -0.2) is 0 Å². The van der Waals surface area contributed by atoms with Gasteiger partial charge in [-0.3, -0.25) is 9.59 Å². The summed E-state index contributed by atoms with van der Waals surface area (Å²) in [6, 6.07) is 6.91. The Labute approximate surface area is 124 Å². The highest BCUT2D eigenvalue weighted by Gasteiger charge is 2.19. The molecule has 1 saturated heterocycles. The fourth-order valence-corrected chi connectivity index (χ4v) is 2.29. The van der Waals surface area contributed by atoms with Crippen molar-refractivity contribution in [2.24, 2.45) is 5.73 Å². The van der Waals surface area contributed by atoms with Gasteiger partial charge < -0.3 is 20.7 Å². The van der Waals surface area contributed by atoms with E-state index in [9.17, 15) is 9.59 Å². The van der Waals surface area contributed by atoms with Gasteiger partial charge in [0, 0.05) is 31.2 Å². The van der Waals surface area contributed by atoms with Crippen LogP contribution in [0.2, 0.25) is 0 Å². The van der Waals surface area contributed by atoms with E-state index in [2.05, 4.69) is 12.2 Å². The van der Waals surface area contributed by atoms with Gasteiger partial charge in [0.15, 0.2) is 0 Å². The Morgan fingerprint density at radius 2 is 2.10 bits per heavy atom. The molecule has 1 aromatic rings. The molecule has 2 amide bonds. The average Bonchev–Trinajstić information content (AvgIpc) is 2.47. The van der Waals surface area contributed by atoms with Gasteiger partial charge in [-0.2, -0.15) is 0 Å². The predicted octanol–water partition coefficient (Wildman–Crippen LogP) is 0.375. The van der Waals surface area contributed by atoms with E-state index in [-0.39, 0.29) is 5.91 Å². The molecule has 6 nitrogen and oxygen atoms in total. The first-order chi connectivity index (χ1) is 10.1. The maximum atomic E-state index is 12.0. The lowest BCUT2D eigenvalue weighted by atomic mass is 10.2. The third-order valence-corrected chi connectivity index (χ3v) is 3.44. The summed E-state index contributed by atoms with van der Waals surface area (Å²) in [4.78, 5) is 24.8. The number of nitrogens with one attached hydrogen (secondary N) is 1. The Balaban J connectivity index is 1.75. The highest BCUT2D eigenvalue weighted by molar-refractivity contribution is 5.92. The minimum Gasteiger partial charge on any atom is -0.493 e. The Kier molecular flexibility index (Phi) is 5.16. The van der Waals surface area contributed by atoms with Crippen LogP contribution in [0.15, 0.2) is 24.3 Å². The number of hydrogen-bond acceptors (Lipinski definition) is 4. The molecule has 1 aliphatic heterocycles. The molecule has 0 unspecified atom stereocenters.